The van der Waals surface area contributed by atoms with Gasteiger partial charge >= 0.3 is 0 Å². The van der Waals surface area contributed by atoms with Gasteiger partial charge in [0.2, 0.25) is 5.95 Å². The molecule has 41 heavy (non-hydrogen) atoms. The Hall–Kier alpha value is -4.31. The maximum Gasteiger partial charge on any atom is 0.251 e. The van der Waals surface area contributed by atoms with E-state index in [-0.39, 0.29) is 24.7 Å². The number of anilines is 3. The number of amides is 1. The number of carbonyl (C=O) groups is 1. The molecule has 2 fully saturated rings. The van der Waals surface area contributed by atoms with Crippen LogP contribution in [0, 0.1) is 11.3 Å². The van der Waals surface area contributed by atoms with E-state index in [9.17, 15) is 20.3 Å². The minimum absolute atomic E-state index is 0.00240. The van der Waals surface area contributed by atoms with Gasteiger partial charge in [-0.15, -0.1) is 0 Å². The third kappa shape index (κ3) is 6.89. The highest BCUT2D eigenvalue weighted by Gasteiger charge is 2.26. The summed E-state index contributed by atoms with van der Waals surface area (Å²) in [6.07, 6.45) is 1.32. The smallest absolute Gasteiger partial charge is 0.251 e. The van der Waals surface area contributed by atoms with Crippen molar-refractivity contribution < 1.29 is 24.5 Å². The lowest BCUT2D eigenvalue weighted by Crippen LogP contribution is -2.45. The lowest BCUT2D eigenvalue weighted by molar-refractivity contribution is -0.141. The molecule has 3 N–H and O–H groups in total. The minimum Gasteiger partial charge on any atom is -0.489 e. The zero-order chi connectivity index (χ0) is 28.8. The number of rotatable bonds is 8. The summed E-state index contributed by atoms with van der Waals surface area (Å²) < 4.78 is 11.6. The molecule has 0 saturated carbocycles. The van der Waals surface area contributed by atoms with Crippen LogP contribution in [0.15, 0.2) is 48.8 Å². The second-order valence-electron chi connectivity index (χ2n) is 10.1. The number of carbonyl (C=O) groups excluding carboxylic acids is 1. The van der Waals surface area contributed by atoms with Crippen molar-refractivity contribution in [2.75, 3.05) is 49.6 Å². The maximum atomic E-state index is 12.0. The van der Waals surface area contributed by atoms with Crippen molar-refractivity contribution in [2.24, 2.45) is 0 Å². The van der Waals surface area contributed by atoms with E-state index < -0.39 is 6.10 Å². The minimum atomic E-state index is -1.02. The number of aliphatic hydroxyl groups excluding tert-OH is 2. The number of piperidine rings is 1. The Morgan fingerprint density at radius 3 is 2.68 bits per heavy atom. The summed E-state index contributed by atoms with van der Waals surface area (Å²) in [6.45, 7) is 4.43. The zero-order valence-electron chi connectivity index (χ0n) is 22.8. The van der Waals surface area contributed by atoms with Gasteiger partial charge in [0.1, 0.15) is 30.4 Å². The van der Waals surface area contributed by atoms with E-state index >= 15 is 0 Å². The SMILES string of the molecule is CC(O)C(=O)N1CCC(Oc2ccc(-c3ncnc(Nc4ccc(N5CCOC(CO)C5)cc4)n3)cc2C#N)CC1. The summed E-state index contributed by atoms with van der Waals surface area (Å²) >= 11 is 0. The predicted molar refractivity (Wildman–Crippen MR) is 151 cm³/mol. The van der Waals surface area contributed by atoms with Gasteiger partial charge in [0.15, 0.2) is 5.82 Å². The molecule has 2 saturated heterocycles. The van der Waals surface area contributed by atoms with Crippen LogP contribution in [0.2, 0.25) is 0 Å². The van der Waals surface area contributed by atoms with E-state index in [1.165, 1.54) is 13.3 Å². The molecular formula is C29H33N7O5. The molecule has 0 aliphatic carbocycles. The molecule has 2 atom stereocenters. The second kappa shape index (κ2) is 12.9. The second-order valence-corrected chi connectivity index (χ2v) is 10.1. The molecule has 0 spiro atoms. The van der Waals surface area contributed by atoms with Crippen LogP contribution in [-0.2, 0) is 9.53 Å². The average molecular weight is 560 g/mol. The number of nitriles is 1. The van der Waals surface area contributed by atoms with E-state index in [4.69, 9.17) is 9.47 Å². The van der Waals surface area contributed by atoms with Gasteiger partial charge < -0.3 is 34.8 Å². The molecule has 1 amide bonds. The highest BCUT2D eigenvalue weighted by molar-refractivity contribution is 5.80. The van der Waals surface area contributed by atoms with Crippen LogP contribution >= 0.6 is 0 Å². The first kappa shape index (κ1) is 28.2. The number of aromatic nitrogens is 3. The predicted octanol–water partition coefficient (Wildman–Crippen LogP) is 2.10. The monoisotopic (exact) mass is 559 g/mol. The molecule has 5 rings (SSSR count). The topological polar surface area (TPSA) is 157 Å². The molecular weight excluding hydrogens is 526 g/mol. The van der Waals surface area contributed by atoms with Crippen molar-refractivity contribution in [3.63, 3.8) is 0 Å². The lowest BCUT2D eigenvalue weighted by atomic mass is 10.1. The maximum absolute atomic E-state index is 12.0. The van der Waals surface area contributed by atoms with Crippen molar-refractivity contribution in [1.82, 2.24) is 19.9 Å². The van der Waals surface area contributed by atoms with Crippen LogP contribution in [0.25, 0.3) is 11.4 Å². The Morgan fingerprint density at radius 2 is 1.98 bits per heavy atom. The van der Waals surface area contributed by atoms with Gasteiger partial charge in [-0.1, -0.05) is 0 Å². The fraction of sp³-hybridized carbons (Fsp3) is 0.414. The number of likely N-dealkylation sites (tertiary alicyclic amines) is 1. The number of hydrogen-bond donors (Lipinski definition) is 3. The largest absolute Gasteiger partial charge is 0.489 e. The highest BCUT2D eigenvalue weighted by atomic mass is 16.5. The van der Waals surface area contributed by atoms with Gasteiger partial charge in [-0.2, -0.15) is 10.2 Å². The first-order valence-electron chi connectivity index (χ1n) is 13.6. The van der Waals surface area contributed by atoms with Crippen molar-refractivity contribution in [2.45, 2.75) is 38.1 Å². The van der Waals surface area contributed by atoms with E-state index in [0.29, 0.717) is 67.7 Å². The van der Waals surface area contributed by atoms with Gasteiger partial charge in [-0.3, -0.25) is 4.79 Å². The number of nitrogens with zero attached hydrogens (tertiary/aromatic N) is 6. The first-order chi connectivity index (χ1) is 19.9. The van der Waals surface area contributed by atoms with Crippen LogP contribution < -0.4 is 15.0 Å². The van der Waals surface area contributed by atoms with Crippen molar-refractivity contribution >= 4 is 23.2 Å². The number of morpholine rings is 1. The standard InChI is InChI=1S/C29H33N7O5/c1-19(38)28(39)35-10-8-24(9-11-35)41-26-7-2-20(14-21(26)15-30)27-31-18-32-29(34-27)33-22-3-5-23(6-4-22)36-12-13-40-25(16-36)17-37/h2-7,14,18-19,24-25,37-38H,8-13,16-17H2,1H3,(H,31,32,33,34). The Labute approximate surface area is 238 Å². The Balaban J connectivity index is 1.22. The molecule has 2 aromatic carbocycles. The van der Waals surface area contributed by atoms with E-state index in [1.54, 1.807) is 23.1 Å². The van der Waals surface area contributed by atoms with Crippen molar-refractivity contribution in [1.29, 1.82) is 5.26 Å². The van der Waals surface area contributed by atoms with Gasteiger partial charge in [-0.05, 0) is 49.4 Å². The third-order valence-corrected chi connectivity index (χ3v) is 7.17. The first-order valence-corrected chi connectivity index (χ1v) is 13.6. The van der Waals surface area contributed by atoms with E-state index in [2.05, 4.69) is 31.2 Å². The Kier molecular flexibility index (Phi) is 8.88. The van der Waals surface area contributed by atoms with Crippen molar-refractivity contribution in [3.8, 4) is 23.2 Å². The molecule has 1 aromatic heterocycles. The summed E-state index contributed by atoms with van der Waals surface area (Å²) in [4.78, 5) is 28.9. The van der Waals surface area contributed by atoms with Gasteiger partial charge in [0.25, 0.3) is 5.91 Å². The number of benzene rings is 2. The average Bonchev–Trinajstić information content (AvgIpc) is 3.01. The fourth-order valence-electron chi connectivity index (χ4n) is 4.94. The van der Waals surface area contributed by atoms with Crippen molar-refractivity contribution in [3.05, 3.63) is 54.4 Å². The molecule has 0 radical (unpaired) electrons. The van der Waals surface area contributed by atoms with Crippen LogP contribution in [0.5, 0.6) is 5.75 Å². The molecule has 3 aromatic rings. The number of hydrogen-bond acceptors (Lipinski definition) is 11. The van der Waals surface area contributed by atoms with E-state index in [0.717, 1.165) is 17.9 Å². The van der Waals surface area contributed by atoms with E-state index in [1.807, 2.05) is 24.3 Å². The van der Waals surface area contributed by atoms with Gasteiger partial charge in [0.05, 0.1) is 24.9 Å². The molecule has 2 unspecified atom stereocenters. The Bertz CT molecular complexity index is 1390. The summed E-state index contributed by atoms with van der Waals surface area (Å²) in [5.74, 6) is 0.968. The third-order valence-electron chi connectivity index (χ3n) is 7.17. The van der Waals surface area contributed by atoms with Crippen LogP contribution in [0.3, 0.4) is 0 Å². The summed E-state index contributed by atoms with van der Waals surface area (Å²) in [7, 11) is 0. The summed E-state index contributed by atoms with van der Waals surface area (Å²) in [6, 6.07) is 15.3. The van der Waals surface area contributed by atoms with Crippen LogP contribution in [-0.4, -0.2) is 93.7 Å². The normalized spacial score (nSPS) is 18.4. The molecule has 2 aliphatic heterocycles. The quantitative estimate of drug-likeness (QED) is 0.371. The van der Waals surface area contributed by atoms with Gasteiger partial charge in [-0.25, -0.2) is 9.97 Å². The Morgan fingerprint density at radius 1 is 1.20 bits per heavy atom. The molecule has 214 valence electrons. The molecule has 12 heteroatoms. The molecule has 12 nitrogen and oxygen atoms in total. The van der Waals surface area contributed by atoms with Gasteiger partial charge in [0, 0.05) is 56.0 Å². The fourth-order valence-corrected chi connectivity index (χ4v) is 4.94. The van der Waals surface area contributed by atoms with Crippen LogP contribution in [0.1, 0.15) is 25.3 Å². The summed E-state index contributed by atoms with van der Waals surface area (Å²) in [5, 5.41) is 31.9. The summed E-state index contributed by atoms with van der Waals surface area (Å²) in [5.41, 5.74) is 2.86. The lowest BCUT2D eigenvalue weighted by Gasteiger charge is -2.33. The van der Waals surface area contributed by atoms with Crippen LogP contribution in [0.4, 0.5) is 17.3 Å². The number of nitrogens with one attached hydrogen (secondary N) is 1. The highest BCUT2D eigenvalue weighted by Crippen LogP contribution is 2.28. The molecule has 0 bridgehead atoms. The number of aliphatic hydroxyl groups is 2. The molecule has 2 aliphatic rings. The zero-order valence-corrected chi connectivity index (χ0v) is 22.8. The molecule has 3 heterocycles. The number of ether oxygens (including phenoxy) is 2.